The van der Waals surface area contributed by atoms with Crippen LogP contribution in [0.25, 0.3) is 21.8 Å². The molecular weight excluding hydrogens is 282 g/mol. The zero-order valence-corrected chi connectivity index (χ0v) is 12.0. The maximum atomic E-state index is 10.2. The zero-order chi connectivity index (χ0) is 15.7. The second-order valence-corrected chi connectivity index (χ2v) is 4.79. The van der Waals surface area contributed by atoms with Crippen LogP contribution in [-0.4, -0.2) is 28.9 Å². The summed E-state index contributed by atoms with van der Waals surface area (Å²) in [7, 11) is 1.59. The number of methoxy groups -OCH3 is 1. The van der Waals surface area contributed by atoms with Crippen molar-refractivity contribution in [2.75, 3.05) is 13.7 Å². The molecule has 1 heterocycles. The minimum Gasteiger partial charge on any atom is -0.504 e. The second-order valence-electron chi connectivity index (χ2n) is 4.79. The van der Waals surface area contributed by atoms with Gasteiger partial charge in [0.25, 0.3) is 0 Å². The van der Waals surface area contributed by atoms with E-state index >= 15 is 0 Å². The molecule has 5 nitrogen and oxygen atoms in total. The zero-order valence-electron chi connectivity index (χ0n) is 12.0. The molecule has 0 saturated heterocycles. The molecule has 0 radical (unpaired) electrons. The molecule has 2 N–H and O–H groups in total. The van der Waals surface area contributed by atoms with Crippen molar-refractivity contribution in [1.82, 2.24) is 4.98 Å². The molecule has 0 spiro atoms. The monoisotopic (exact) mass is 297 g/mol. The Morgan fingerprint density at radius 3 is 2.68 bits per heavy atom. The highest BCUT2D eigenvalue weighted by atomic mass is 16.5. The summed E-state index contributed by atoms with van der Waals surface area (Å²) in [6, 6.07) is 8.82. The molecule has 0 bridgehead atoms. The second kappa shape index (κ2) is 5.44. The van der Waals surface area contributed by atoms with Crippen LogP contribution in [0.3, 0.4) is 0 Å². The minimum absolute atomic E-state index is 0.172. The number of pyridine rings is 1. The van der Waals surface area contributed by atoms with Crippen molar-refractivity contribution in [2.45, 2.75) is 0 Å². The number of hydrogen-bond acceptors (Lipinski definition) is 5. The minimum atomic E-state index is -0.307. The van der Waals surface area contributed by atoms with Crippen LogP contribution in [0.5, 0.6) is 23.0 Å². The average Bonchev–Trinajstić information content (AvgIpc) is 2.55. The van der Waals surface area contributed by atoms with E-state index in [0.29, 0.717) is 16.7 Å². The molecule has 0 atom stereocenters. The van der Waals surface area contributed by atoms with Crippen LogP contribution in [0, 0.1) is 0 Å². The molecule has 0 amide bonds. The van der Waals surface area contributed by atoms with Gasteiger partial charge >= 0.3 is 0 Å². The predicted molar refractivity (Wildman–Crippen MR) is 84.8 cm³/mol. The van der Waals surface area contributed by atoms with Gasteiger partial charge in [0.2, 0.25) is 5.75 Å². The average molecular weight is 297 g/mol. The SMILES string of the molecule is C=CCOc1cc2nc3ccc(OC)cc3cc2c(O)c1O. The number of phenolic OH excluding ortho intramolecular Hbond substituents is 2. The Labute approximate surface area is 127 Å². The quantitative estimate of drug-likeness (QED) is 0.439. The van der Waals surface area contributed by atoms with Gasteiger partial charge in [-0.1, -0.05) is 12.7 Å². The molecule has 1 aromatic heterocycles. The summed E-state index contributed by atoms with van der Waals surface area (Å²) in [5.41, 5.74) is 1.29. The Kier molecular flexibility index (Phi) is 3.47. The summed E-state index contributed by atoms with van der Waals surface area (Å²) in [4.78, 5) is 4.49. The van der Waals surface area contributed by atoms with Crippen molar-refractivity contribution in [1.29, 1.82) is 0 Å². The van der Waals surface area contributed by atoms with Crippen LogP contribution in [0.2, 0.25) is 0 Å². The van der Waals surface area contributed by atoms with E-state index in [4.69, 9.17) is 9.47 Å². The molecule has 112 valence electrons. The van der Waals surface area contributed by atoms with Crippen molar-refractivity contribution in [3.63, 3.8) is 0 Å². The summed E-state index contributed by atoms with van der Waals surface area (Å²) in [6.45, 7) is 3.78. The van der Waals surface area contributed by atoms with Gasteiger partial charge in [0, 0.05) is 16.8 Å². The number of fused-ring (bicyclic) bond motifs is 2. The van der Waals surface area contributed by atoms with Gasteiger partial charge in [-0.25, -0.2) is 4.98 Å². The van der Waals surface area contributed by atoms with Crippen LogP contribution < -0.4 is 9.47 Å². The molecule has 0 aliphatic rings. The van der Waals surface area contributed by atoms with Gasteiger partial charge in [-0.3, -0.25) is 0 Å². The first kappa shape index (κ1) is 14.0. The predicted octanol–water partition coefficient (Wildman–Crippen LogP) is 3.37. The van der Waals surface area contributed by atoms with E-state index in [1.54, 1.807) is 25.3 Å². The molecular formula is C17H15NO4. The summed E-state index contributed by atoms with van der Waals surface area (Å²) in [6.07, 6.45) is 1.56. The molecule has 2 aromatic carbocycles. The Morgan fingerprint density at radius 1 is 1.14 bits per heavy atom. The summed E-state index contributed by atoms with van der Waals surface area (Å²) in [5.74, 6) is 0.306. The first-order chi connectivity index (χ1) is 10.6. The number of nitrogens with zero attached hydrogens (tertiary/aromatic N) is 1. The third-order valence-electron chi connectivity index (χ3n) is 3.39. The lowest BCUT2D eigenvalue weighted by Gasteiger charge is -2.11. The van der Waals surface area contributed by atoms with Crippen molar-refractivity contribution in [3.05, 3.63) is 43.0 Å². The molecule has 3 aromatic rings. The Hall–Kier alpha value is -2.95. The maximum absolute atomic E-state index is 10.2. The summed E-state index contributed by atoms with van der Waals surface area (Å²) in [5, 5.41) is 21.5. The topological polar surface area (TPSA) is 71.8 Å². The highest BCUT2D eigenvalue weighted by Crippen LogP contribution is 2.42. The van der Waals surface area contributed by atoms with E-state index in [2.05, 4.69) is 11.6 Å². The molecule has 3 rings (SSSR count). The lowest BCUT2D eigenvalue weighted by molar-refractivity contribution is 0.325. The highest BCUT2D eigenvalue weighted by molar-refractivity contribution is 5.98. The maximum Gasteiger partial charge on any atom is 0.201 e. The summed E-state index contributed by atoms with van der Waals surface area (Å²) < 4.78 is 10.5. The van der Waals surface area contributed by atoms with Gasteiger partial charge in [0.05, 0.1) is 18.1 Å². The van der Waals surface area contributed by atoms with Crippen LogP contribution in [0.15, 0.2) is 43.0 Å². The van der Waals surface area contributed by atoms with Gasteiger partial charge < -0.3 is 19.7 Å². The molecule has 0 aliphatic carbocycles. The Morgan fingerprint density at radius 2 is 1.95 bits per heavy atom. The van der Waals surface area contributed by atoms with Crippen LogP contribution in [-0.2, 0) is 0 Å². The van der Waals surface area contributed by atoms with E-state index in [1.807, 2.05) is 18.2 Å². The van der Waals surface area contributed by atoms with Crippen LogP contribution in [0.4, 0.5) is 0 Å². The van der Waals surface area contributed by atoms with E-state index < -0.39 is 0 Å². The Balaban J connectivity index is 2.25. The largest absolute Gasteiger partial charge is 0.504 e. The first-order valence-corrected chi connectivity index (χ1v) is 6.71. The fourth-order valence-electron chi connectivity index (χ4n) is 2.29. The van der Waals surface area contributed by atoms with Gasteiger partial charge in [-0.05, 0) is 24.3 Å². The van der Waals surface area contributed by atoms with Crippen LogP contribution in [0.1, 0.15) is 0 Å². The molecule has 0 saturated carbocycles. The molecule has 0 aliphatic heterocycles. The third kappa shape index (κ3) is 2.26. The van der Waals surface area contributed by atoms with Gasteiger partial charge in [0.15, 0.2) is 11.5 Å². The molecule has 0 fully saturated rings. The number of aromatic hydroxyl groups is 2. The third-order valence-corrected chi connectivity index (χ3v) is 3.39. The van der Waals surface area contributed by atoms with E-state index in [0.717, 1.165) is 10.9 Å². The normalized spacial score (nSPS) is 10.8. The number of phenols is 2. The lowest BCUT2D eigenvalue weighted by Crippen LogP contribution is -1.94. The van der Waals surface area contributed by atoms with Crippen LogP contribution >= 0.6 is 0 Å². The number of rotatable bonds is 4. The van der Waals surface area contributed by atoms with E-state index in [9.17, 15) is 10.2 Å². The van der Waals surface area contributed by atoms with E-state index in [1.165, 1.54) is 0 Å². The number of benzene rings is 2. The molecule has 0 unspecified atom stereocenters. The summed E-state index contributed by atoms with van der Waals surface area (Å²) >= 11 is 0. The smallest absolute Gasteiger partial charge is 0.201 e. The number of hydrogen-bond donors (Lipinski definition) is 2. The van der Waals surface area contributed by atoms with Crippen molar-refractivity contribution >= 4 is 21.8 Å². The Bertz CT molecular complexity index is 874. The number of aromatic nitrogens is 1. The molecule has 5 heteroatoms. The van der Waals surface area contributed by atoms with Crippen molar-refractivity contribution < 1.29 is 19.7 Å². The van der Waals surface area contributed by atoms with Crippen molar-refractivity contribution in [2.24, 2.45) is 0 Å². The lowest BCUT2D eigenvalue weighted by atomic mass is 10.1. The van der Waals surface area contributed by atoms with Gasteiger partial charge in [0.1, 0.15) is 12.4 Å². The van der Waals surface area contributed by atoms with Crippen molar-refractivity contribution in [3.8, 4) is 23.0 Å². The molecule has 22 heavy (non-hydrogen) atoms. The van der Waals surface area contributed by atoms with Gasteiger partial charge in [-0.15, -0.1) is 0 Å². The fourth-order valence-corrected chi connectivity index (χ4v) is 2.29. The van der Waals surface area contributed by atoms with Gasteiger partial charge in [-0.2, -0.15) is 0 Å². The highest BCUT2D eigenvalue weighted by Gasteiger charge is 2.15. The first-order valence-electron chi connectivity index (χ1n) is 6.71. The van der Waals surface area contributed by atoms with E-state index in [-0.39, 0.29) is 23.9 Å². The number of ether oxygens (including phenoxy) is 2. The standard InChI is InChI=1S/C17H15NO4/c1-3-6-22-15-9-14-12(16(19)17(15)20)8-10-7-11(21-2)4-5-13(10)18-14/h3-5,7-9,19-20H,1,6H2,2H3. The fraction of sp³-hybridized carbons (Fsp3) is 0.118.